The maximum atomic E-state index is 5.49. The monoisotopic (exact) mass is 278 g/mol. The Hall–Kier alpha value is -0.740. The van der Waals surface area contributed by atoms with E-state index in [4.69, 9.17) is 12.2 Å². The average Bonchev–Trinajstić information content (AvgIpc) is 2.87. The summed E-state index contributed by atoms with van der Waals surface area (Å²) in [5.41, 5.74) is 4.16. The van der Waals surface area contributed by atoms with Crippen LogP contribution in [0.25, 0.3) is 0 Å². The van der Waals surface area contributed by atoms with Crippen molar-refractivity contribution in [2.24, 2.45) is 0 Å². The van der Waals surface area contributed by atoms with E-state index in [-0.39, 0.29) is 0 Å². The van der Waals surface area contributed by atoms with Crippen LogP contribution < -0.4 is 5.32 Å². The van der Waals surface area contributed by atoms with E-state index in [1.807, 2.05) is 11.8 Å². The summed E-state index contributed by atoms with van der Waals surface area (Å²) in [6.45, 7) is 2.14. The lowest BCUT2D eigenvalue weighted by molar-refractivity contribution is 0.470. The van der Waals surface area contributed by atoms with E-state index in [0.29, 0.717) is 0 Å². The highest BCUT2D eigenvalue weighted by Crippen LogP contribution is 2.25. The zero-order chi connectivity index (χ0) is 12.4. The van der Waals surface area contributed by atoms with Crippen LogP contribution in [0.1, 0.15) is 17.5 Å². The van der Waals surface area contributed by atoms with E-state index in [1.165, 1.54) is 41.9 Å². The van der Waals surface area contributed by atoms with Gasteiger partial charge in [0.15, 0.2) is 5.11 Å². The molecule has 1 heterocycles. The zero-order valence-corrected chi connectivity index (χ0v) is 12.1. The maximum Gasteiger partial charge on any atom is 0.173 e. The van der Waals surface area contributed by atoms with Crippen LogP contribution in [0.15, 0.2) is 18.2 Å². The van der Waals surface area contributed by atoms with Gasteiger partial charge in [0.25, 0.3) is 0 Å². The first kappa shape index (κ1) is 12.3. The lowest BCUT2D eigenvalue weighted by Gasteiger charge is -2.29. The highest BCUT2D eigenvalue weighted by molar-refractivity contribution is 7.99. The number of nitrogens with one attached hydrogen (secondary N) is 1. The molecule has 1 aliphatic carbocycles. The summed E-state index contributed by atoms with van der Waals surface area (Å²) in [6, 6.07) is 6.68. The van der Waals surface area contributed by atoms with Crippen LogP contribution in [0.2, 0.25) is 0 Å². The normalized spacial score (nSPS) is 18.6. The number of thiocarbonyl (C=S) groups is 1. The Morgan fingerprint density at radius 1 is 1.17 bits per heavy atom. The number of aryl methyl sites for hydroxylation is 2. The van der Waals surface area contributed by atoms with Gasteiger partial charge in [-0.05, 0) is 54.7 Å². The molecular formula is C14H18N2S2. The second-order valence-corrected chi connectivity index (χ2v) is 6.48. The quantitative estimate of drug-likeness (QED) is 0.794. The van der Waals surface area contributed by atoms with Gasteiger partial charge in [0.05, 0.1) is 0 Å². The van der Waals surface area contributed by atoms with Crippen molar-refractivity contribution in [2.45, 2.75) is 19.3 Å². The summed E-state index contributed by atoms with van der Waals surface area (Å²) in [5, 5.41) is 4.27. The molecule has 0 bridgehead atoms. The fourth-order valence-corrected chi connectivity index (χ4v) is 3.82. The first-order valence-corrected chi connectivity index (χ1v) is 8.15. The standard InChI is InChI=1S/C14H18N2S2/c17-14(16-6-8-18-9-7-16)15-13-5-4-11-2-1-3-12(11)10-13/h4-5,10H,1-3,6-9H2,(H,15,17). The molecule has 1 aromatic rings. The first-order valence-electron chi connectivity index (χ1n) is 6.58. The highest BCUT2D eigenvalue weighted by Gasteiger charge is 2.15. The largest absolute Gasteiger partial charge is 0.347 e. The van der Waals surface area contributed by atoms with Gasteiger partial charge in [-0.25, -0.2) is 0 Å². The summed E-state index contributed by atoms with van der Waals surface area (Å²) in [7, 11) is 0. The van der Waals surface area contributed by atoms with Gasteiger partial charge in [-0.2, -0.15) is 11.8 Å². The van der Waals surface area contributed by atoms with E-state index >= 15 is 0 Å². The Morgan fingerprint density at radius 2 is 1.94 bits per heavy atom. The lowest BCUT2D eigenvalue weighted by atomic mass is 10.1. The number of nitrogens with zero attached hydrogens (tertiary/aromatic N) is 1. The first-order chi connectivity index (χ1) is 8.83. The van der Waals surface area contributed by atoms with E-state index < -0.39 is 0 Å². The number of thioether (sulfide) groups is 1. The molecule has 0 atom stereocenters. The Bertz CT molecular complexity index is 453. The Morgan fingerprint density at radius 3 is 2.78 bits per heavy atom. The number of rotatable bonds is 1. The van der Waals surface area contributed by atoms with Crippen molar-refractivity contribution < 1.29 is 0 Å². The molecule has 1 fully saturated rings. The fourth-order valence-electron chi connectivity index (χ4n) is 2.62. The van der Waals surface area contributed by atoms with Crippen LogP contribution in [0.3, 0.4) is 0 Å². The predicted octanol–water partition coefficient (Wildman–Crippen LogP) is 2.92. The Kier molecular flexibility index (Phi) is 3.75. The summed E-state index contributed by atoms with van der Waals surface area (Å²) in [4.78, 5) is 2.28. The molecule has 3 rings (SSSR count). The van der Waals surface area contributed by atoms with Gasteiger partial charge in [0.2, 0.25) is 0 Å². The third-order valence-electron chi connectivity index (χ3n) is 3.65. The van der Waals surface area contributed by atoms with E-state index in [1.54, 1.807) is 0 Å². The number of hydrogen-bond donors (Lipinski definition) is 1. The van der Waals surface area contributed by atoms with Crippen LogP contribution in [0.5, 0.6) is 0 Å². The topological polar surface area (TPSA) is 15.3 Å². The molecule has 0 aromatic heterocycles. The van der Waals surface area contributed by atoms with Crippen molar-refractivity contribution in [1.29, 1.82) is 0 Å². The number of anilines is 1. The smallest absolute Gasteiger partial charge is 0.173 e. The molecule has 18 heavy (non-hydrogen) atoms. The number of benzene rings is 1. The molecule has 1 N–H and O–H groups in total. The van der Waals surface area contributed by atoms with Crippen LogP contribution in [0.4, 0.5) is 5.69 Å². The molecule has 2 aliphatic rings. The molecule has 0 saturated carbocycles. The van der Waals surface area contributed by atoms with Gasteiger partial charge in [-0.15, -0.1) is 0 Å². The minimum absolute atomic E-state index is 0.883. The molecule has 2 nitrogen and oxygen atoms in total. The van der Waals surface area contributed by atoms with E-state index in [0.717, 1.165) is 23.9 Å². The van der Waals surface area contributed by atoms with E-state index in [9.17, 15) is 0 Å². The molecule has 0 spiro atoms. The van der Waals surface area contributed by atoms with Gasteiger partial charge >= 0.3 is 0 Å². The molecule has 0 radical (unpaired) electrons. The van der Waals surface area contributed by atoms with E-state index in [2.05, 4.69) is 28.4 Å². The van der Waals surface area contributed by atoms with Crippen LogP contribution in [-0.4, -0.2) is 34.6 Å². The zero-order valence-electron chi connectivity index (χ0n) is 10.4. The third-order valence-corrected chi connectivity index (χ3v) is 4.95. The Balaban J connectivity index is 1.66. The molecule has 4 heteroatoms. The lowest BCUT2D eigenvalue weighted by Crippen LogP contribution is -2.40. The minimum atomic E-state index is 0.883. The van der Waals surface area contributed by atoms with Crippen molar-refractivity contribution >= 4 is 34.8 Å². The van der Waals surface area contributed by atoms with Crippen molar-refractivity contribution in [3.05, 3.63) is 29.3 Å². The molecule has 1 saturated heterocycles. The summed E-state index contributed by atoms with van der Waals surface area (Å²) in [6.07, 6.45) is 3.76. The van der Waals surface area contributed by atoms with Gasteiger partial charge in [-0.3, -0.25) is 0 Å². The third kappa shape index (κ3) is 2.64. The van der Waals surface area contributed by atoms with Gasteiger partial charge in [-0.1, -0.05) is 6.07 Å². The number of hydrogen-bond acceptors (Lipinski definition) is 2. The molecule has 1 aliphatic heterocycles. The van der Waals surface area contributed by atoms with Crippen molar-refractivity contribution in [3.63, 3.8) is 0 Å². The fraction of sp³-hybridized carbons (Fsp3) is 0.500. The van der Waals surface area contributed by atoms with Crippen molar-refractivity contribution in [3.8, 4) is 0 Å². The molecule has 1 aromatic carbocycles. The van der Waals surface area contributed by atoms with Crippen molar-refractivity contribution in [2.75, 3.05) is 29.9 Å². The van der Waals surface area contributed by atoms with Crippen LogP contribution in [-0.2, 0) is 12.8 Å². The van der Waals surface area contributed by atoms with Gasteiger partial charge in [0, 0.05) is 30.3 Å². The van der Waals surface area contributed by atoms with Gasteiger partial charge in [0.1, 0.15) is 0 Å². The Labute approximate surface area is 118 Å². The minimum Gasteiger partial charge on any atom is -0.347 e. The maximum absolute atomic E-state index is 5.49. The summed E-state index contributed by atoms with van der Waals surface area (Å²) >= 11 is 7.50. The summed E-state index contributed by atoms with van der Waals surface area (Å²) in [5.74, 6) is 2.37. The number of fused-ring (bicyclic) bond motifs is 1. The molecular weight excluding hydrogens is 260 g/mol. The summed E-state index contributed by atoms with van der Waals surface area (Å²) < 4.78 is 0. The second-order valence-electron chi connectivity index (χ2n) is 4.87. The SMILES string of the molecule is S=C(Nc1ccc2c(c1)CCC2)N1CCSCC1. The van der Waals surface area contributed by atoms with Crippen LogP contribution in [0, 0.1) is 0 Å². The average molecular weight is 278 g/mol. The predicted molar refractivity (Wildman–Crippen MR) is 83.6 cm³/mol. The molecule has 0 amide bonds. The molecule has 0 unspecified atom stereocenters. The van der Waals surface area contributed by atoms with Crippen LogP contribution >= 0.6 is 24.0 Å². The highest BCUT2D eigenvalue weighted by atomic mass is 32.2. The van der Waals surface area contributed by atoms with Crippen molar-refractivity contribution in [1.82, 2.24) is 4.90 Å². The second kappa shape index (κ2) is 5.49. The van der Waals surface area contributed by atoms with Gasteiger partial charge < -0.3 is 10.2 Å². The molecule has 96 valence electrons.